The second kappa shape index (κ2) is 3.51. The molecule has 1 saturated carbocycles. The average molecular weight is 232 g/mol. The second-order valence-corrected chi connectivity index (χ2v) is 4.40. The van der Waals surface area contributed by atoms with Crippen molar-refractivity contribution in [2.24, 2.45) is 0 Å². The fourth-order valence-corrected chi connectivity index (χ4v) is 2.03. The number of carboxylic acids is 1. The number of nitrogens with zero attached hydrogens (tertiary/aromatic N) is 4. The van der Waals surface area contributed by atoms with Crippen LogP contribution in [-0.2, 0) is 0 Å². The highest BCUT2D eigenvalue weighted by atomic mass is 16.4. The maximum atomic E-state index is 11.2. The van der Waals surface area contributed by atoms with E-state index in [2.05, 4.69) is 15.1 Å². The van der Waals surface area contributed by atoms with Gasteiger partial charge in [-0.1, -0.05) is 6.42 Å². The summed E-state index contributed by atoms with van der Waals surface area (Å²) in [6.45, 7) is 1.71. The predicted octanol–water partition coefficient (Wildman–Crippen LogP) is 1.40. The Balaban J connectivity index is 2.20. The maximum absolute atomic E-state index is 11.2. The Morgan fingerprint density at radius 1 is 1.53 bits per heavy atom. The van der Waals surface area contributed by atoms with Crippen molar-refractivity contribution in [3.05, 3.63) is 23.3 Å². The molecule has 6 heteroatoms. The number of aromatic nitrogens is 4. The maximum Gasteiger partial charge on any atom is 0.355 e. The summed E-state index contributed by atoms with van der Waals surface area (Å²) in [5.41, 5.74) is 0.739. The fourth-order valence-electron chi connectivity index (χ4n) is 2.03. The van der Waals surface area contributed by atoms with Gasteiger partial charge in [0.2, 0.25) is 0 Å². The van der Waals surface area contributed by atoms with Crippen LogP contribution < -0.4 is 0 Å². The molecule has 0 bridgehead atoms. The van der Waals surface area contributed by atoms with E-state index in [1.54, 1.807) is 6.92 Å². The molecule has 6 nitrogen and oxygen atoms in total. The Kier molecular flexibility index (Phi) is 2.10. The summed E-state index contributed by atoms with van der Waals surface area (Å²) < 4.78 is 1.34. The first-order valence-electron chi connectivity index (χ1n) is 5.62. The van der Waals surface area contributed by atoms with Gasteiger partial charge >= 0.3 is 5.97 Å². The summed E-state index contributed by atoms with van der Waals surface area (Å²) in [6.07, 6.45) is 4.88. The molecule has 1 N–H and O–H groups in total. The van der Waals surface area contributed by atoms with Crippen molar-refractivity contribution in [1.29, 1.82) is 0 Å². The van der Waals surface area contributed by atoms with E-state index in [1.807, 2.05) is 0 Å². The van der Waals surface area contributed by atoms with Crippen molar-refractivity contribution in [3.63, 3.8) is 0 Å². The van der Waals surface area contributed by atoms with Crippen molar-refractivity contribution in [1.82, 2.24) is 19.6 Å². The molecule has 0 atom stereocenters. The smallest absolute Gasteiger partial charge is 0.355 e. The minimum atomic E-state index is -1.00. The molecule has 1 aliphatic carbocycles. The van der Waals surface area contributed by atoms with Crippen molar-refractivity contribution in [3.8, 4) is 0 Å². The van der Waals surface area contributed by atoms with E-state index in [0.717, 1.165) is 18.7 Å². The Morgan fingerprint density at radius 3 is 2.88 bits per heavy atom. The van der Waals surface area contributed by atoms with Crippen LogP contribution in [0.15, 0.2) is 6.20 Å². The summed E-state index contributed by atoms with van der Waals surface area (Å²) in [7, 11) is 0. The second-order valence-electron chi connectivity index (χ2n) is 4.40. The molecule has 88 valence electrons. The lowest BCUT2D eigenvalue weighted by Crippen LogP contribution is -2.12. The van der Waals surface area contributed by atoms with Crippen LogP contribution >= 0.6 is 0 Å². The van der Waals surface area contributed by atoms with Crippen LogP contribution in [0.3, 0.4) is 0 Å². The number of aryl methyl sites for hydroxylation is 1. The molecule has 0 saturated heterocycles. The Hall–Kier alpha value is -1.98. The largest absolute Gasteiger partial charge is 0.476 e. The Morgan fingerprint density at radius 2 is 2.29 bits per heavy atom. The molecular weight excluding hydrogens is 220 g/mol. The van der Waals surface area contributed by atoms with Crippen LogP contribution in [0.5, 0.6) is 0 Å². The number of hydrogen-bond donors (Lipinski definition) is 1. The number of hydrogen-bond acceptors (Lipinski definition) is 4. The average Bonchev–Trinajstić information content (AvgIpc) is 2.56. The number of carbonyl (C=O) groups is 1. The molecule has 0 aromatic carbocycles. The number of rotatable bonds is 2. The molecule has 1 fully saturated rings. The molecule has 2 aromatic rings. The summed E-state index contributed by atoms with van der Waals surface area (Å²) >= 11 is 0. The lowest BCUT2D eigenvalue weighted by Gasteiger charge is -2.21. The zero-order chi connectivity index (χ0) is 12.0. The van der Waals surface area contributed by atoms with Crippen LogP contribution in [0, 0.1) is 6.92 Å². The van der Waals surface area contributed by atoms with Crippen LogP contribution in [0.1, 0.15) is 47.1 Å². The van der Waals surface area contributed by atoms with Crippen LogP contribution in [0.2, 0.25) is 0 Å². The van der Waals surface area contributed by atoms with Crippen molar-refractivity contribution < 1.29 is 9.90 Å². The zero-order valence-electron chi connectivity index (χ0n) is 9.42. The lowest BCUT2D eigenvalue weighted by atomic mass is 9.85. The van der Waals surface area contributed by atoms with Gasteiger partial charge in [-0.2, -0.15) is 9.50 Å². The molecule has 17 heavy (non-hydrogen) atoms. The molecule has 3 rings (SSSR count). The molecule has 2 aromatic heterocycles. The monoisotopic (exact) mass is 232 g/mol. The highest BCUT2D eigenvalue weighted by Crippen LogP contribution is 2.34. The molecule has 0 radical (unpaired) electrons. The van der Waals surface area contributed by atoms with E-state index < -0.39 is 5.97 Å². The molecule has 0 spiro atoms. The van der Waals surface area contributed by atoms with Gasteiger partial charge in [0.15, 0.2) is 11.5 Å². The first kappa shape index (κ1) is 10.2. The van der Waals surface area contributed by atoms with Gasteiger partial charge in [0.1, 0.15) is 0 Å². The number of aromatic carboxylic acids is 1. The number of carboxylic acid groups (broad SMARTS) is 1. The van der Waals surface area contributed by atoms with E-state index in [4.69, 9.17) is 5.11 Å². The van der Waals surface area contributed by atoms with Crippen molar-refractivity contribution in [2.75, 3.05) is 0 Å². The molecule has 2 heterocycles. The minimum Gasteiger partial charge on any atom is -0.476 e. The fraction of sp³-hybridized carbons (Fsp3) is 0.455. The standard InChI is InChI=1S/C11H12N4O2/c1-6-5-12-11-13-9(7-3-2-4-7)14-15(11)8(6)10(16)17/h5,7H,2-4H2,1H3,(H,16,17). The van der Waals surface area contributed by atoms with E-state index in [0.29, 0.717) is 17.3 Å². The Labute approximate surface area is 97.3 Å². The van der Waals surface area contributed by atoms with E-state index >= 15 is 0 Å². The highest BCUT2D eigenvalue weighted by molar-refractivity contribution is 5.87. The Bertz CT molecular complexity index is 601. The first-order valence-corrected chi connectivity index (χ1v) is 5.62. The normalized spacial score (nSPS) is 16.1. The van der Waals surface area contributed by atoms with E-state index in [1.165, 1.54) is 17.1 Å². The van der Waals surface area contributed by atoms with Gasteiger partial charge < -0.3 is 5.11 Å². The van der Waals surface area contributed by atoms with Gasteiger partial charge in [0.25, 0.3) is 5.78 Å². The van der Waals surface area contributed by atoms with Crippen LogP contribution in [0.4, 0.5) is 0 Å². The van der Waals surface area contributed by atoms with Gasteiger partial charge in [-0.05, 0) is 19.8 Å². The summed E-state index contributed by atoms with van der Waals surface area (Å²) in [5, 5.41) is 13.4. The van der Waals surface area contributed by atoms with Crippen molar-refractivity contribution in [2.45, 2.75) is 32.1 Å². The SMILES string of the molecule is Cc1cnc2nc(C3CCC3)nn2c1C(=O)O. The summed E-state index contributed by atoms with van der Waals surface area (Å²) in [5.74, 6) is 0.463. The number of fused-ring (bicyclic) bond motifs is 1. The molecule has 0 amide bonds. The van der Waals surface area contributed by atoms with E-state index in [9.17, 15) is 4.79 Å². The predicted molar refractivity (Wildman–Crippen MR) is 59.1 cm³/mol. The third-order valence-corrected chi connectivity index (χ3v) is 3.24. The topological polar surface area (TPSA) is 80.4 Å². The summed E-state index contributed by atoms with van der Waals surface area (Å²) in [6, 6.07) is 0. The molecule has 0 aliphatic heterocycles. The van der Waals surface area contributed by atoms with E-state index in [-0.39, 0.29) is 5.69 Å². The van der Waals surface area contributed by atoms with Gasteiger partial charge in [-0.15, -0.1) is 5.10 Å². The zero-order valence-corrected chi connectivity index (χ0v) is 9.42. The van der Waals surface area contributed by atoms with Crippen LogP contribution in [-0.4, -0.2) is 30.7 Å². The van der Waals surface area contributed by atoms with Gasteiger partial charge in [-0.25, -0.2) is 9.78 Å². The minimum absolute atomic E-state index is 0.146. The van der Waals surface area contributed by atoms with Gasteiger partial charge in [-0.3, -0.25) is 0 Å². The van der Waals surface area contributed by atoms with Gasteiger partial charge in [0.05, 0.1) is 0 Å². The first-order chi connectivity index (χ1) is 8.16. The molecule has 0 unspecified atom stereocenters. The molecular formula is C11H12N4O2. The van der Waals surface area contributed by atoms with Crippen molar-refractivity contribution >= 4 is 11.7 Å². The van der Waals surface area contributed by atoms with Gasteiger partial charge in [0, 0.05) is 17.7 Å². The lowest BCUT2D eigenvalue weighted by molar-refractivity contribution is 0.0686. The molecule has 1 aliphatic rings. The third-order valence-electron chi connectivity index (χ3n) is 3.24. The third kappa shape index (κ3) is 1.48. The highest BCUT2D eigenvalue weighted by Gasteiger charge is 2.25. The quantitative estimate of drug-likeness (QED) is 0.846. The summed E-state index contributed by atoms with van der Waals surface area (Å²) in [4.78, 5) is 19.6. The van der Waals surface area contributed by atoms with Crippen LogP contribution in [0.25, 0.3) is 5.78 Å².